The fourth-order valence-electron chi connectivity index (χ4n) is 3.51. The second kappa shape index (κ2) is 8.65. The third-order valence-electron chi connectivity index (χ3n) is 5.10. The van der Waals surface area contributed by atoms with Crippen LogP contribution >= 0.6 is 0 Å². The van der Waals surface area contributed by atoms with Crippen molar-refractivity contribution in [3.63, 3.8) is 0 Å². The minimum absolute atomic E-state index is 0.0396. The predicted octanol–water partition coefficient (Wildman–Crippen LogP) is 5.21. The number of carbonyl (C=O) groups is 2. The van der Waals surface area contributed by atoms with E-state index in [-0.39, 0.29) is 50.2 Å². The Bertz CT molecular complexity index is 1590. The highest BCUT2D eigenvalue weighted by Gasteiger charge is 2.34. The van der Waals surface area contributed by atoms with Gasteiger partial charge in [0, 0.05) is 5.56 Å². The summed E-state index contributed by atoms with van der Waals surface area (Å²) in [6, 6.07) is 14.3. The highest BCUT2D eigenvalue weighted by Crippen LogP contribution is 2.39. The Labute approximate surface area is 194 Å². The standard InChI is InChI=1S/C24H11F3N4O4/c25-24(26,27)18-4-2-1-3-14(18)15-9-20-17(8-13(15)11-29)21(31-35-20)22(32)30-19-6-5-12(10-28)7-16(19)23(33)34/h1-9H,(H,30,32)(H,33,34). The van der Waals surface area contributed by atoms with Crippen molar-refractivity contribution in [3.05, 3.63) is 82.5 Å². The number of aromatic nitrogens is 1. The van der Waals surface area contributed by atoms with Gasteiger partial charge in [0.1, 0.15) is 0 Å². The van der Waals surface area contributed by atoms with Crippen molar-refractivity contribution in [3.8, 4) is 23.3 Å². The maximum absolute atomic E-state index is 13.5. The Balaban J connectivity index is 1.79. The molecule has 0 fully saturated rings. The van der Waals surface area contributed by atoms with Gasteiger partial charge in [-0.05, 0) is 42.0 Å². The van der Waals surface area contributed by atoms with Crippen LogP contribution in [0.15, 0.2) is 59.1 Å². The lowest BCUT2D eigenvalue weighted by Crippen LogP contribution is -2.15. The van der Waals surface area contributed by atoms with Crippen molar-refractivity contribution in [2.45, 2.75) is 6.18 Å². The smallest absolute Gasteiger partial charge is 0.417 e. The molecule has 1 amide bonds. The largest absolute Gasteiger partial charge is 0.478 e. The number of nitrogens with zero attached hydrogens (tertiary/aromatic N) is 3. The summed E-state index contributed by atoms with van der Waals surface area (Å²) in [6.07, 6.45) is -4.67. The number of nitrogens with one attached hydrogen (secondary N) is 1. The summed E-state index contributed by atoms with van der Waals surface area (Å²) in [5.41, 5.74) is -2.17. The van der Waals surface area contributed by atoms with Gasteiger partial charge in [-0.3, -0.25) is 4.79 Å². The van der Waals surface area contributed by atoms with Gasteiger partial charge in [-0.2, -0.15) is 23.7 Å². The van der Waals surface area contributed by atoms with Crippen molar-refractivity contribution in [1.29, 1.82) is 10.5 Å². The van der Waals surface area contributed by atoms with Gasteiger partial charge in [0.15, 0.2) is 11.3 Å². The molecule has 11 heteroatoms. The summed E-state index contributed by atoms with van der Waals surface area (Å²) in [6.45, 7) is 0. The zero-order valence-corrected chi connectivity index (χ0v) is 17.3. The van der Waals surface area contributed by atoms with Gasteiger partial charge < -0.3 is 14.9 Å². The number of carboxylic acids is 1. The van der Waals surface area contributed by atoms with Crippen molar-refractivity contribution < 1.29 is 32.4 Å². The third-order valence-corrected chi connectivity index (χ3v) is 5.10. The van der Waals surface area contributed by atoms with Gasteiger partial charge in [-0.15, -0.1) is 0 Å². The number of aromatic carboxylic acids is 1. The number of rotatable bonds is 4. The van der Waals surface area contributed by atoms with E-state index in [1.165, 1.54) is 42.5 Å². The second-order valence-electron chi connectivity index (χ2n) is 7.21. The first-order chi connectivity index (χ1) is 16.6. The summed E-state index contributed by atoms with van der Waals surface area (Å²) < 4.78 is 45.7. The minimum Gasteiger partial charge on any atom is -0.478 e. The number of halogens is 3. The van der Waals surface area contributed by atoms with E-state index in [1.54, 1.807) is 6.07 Å². The first-order valence-electron chi connectivity index (χ1n) is 9.73. The van der Waals surface area contributed by atoms with Crippen LogP contribution in [0.25, 0.3) is 22.1 Å². The van der Waals surface area contributed by atoms with E-state index in [9.17, 15) is 33.1 Å². The lowest BCUT2D eigenvalue weighted by atomic mass is 9.94. The highest BCUT2D eigenvalue weighted by molar-refractivity contribution is 6.13. The monoisotopic (exact) mass is 476 g/mol. The Morgan fingerprint density at radius 3 is 2.40 bits per heavy atom. The van der Waals surface area contributed by atoms with E-state index in [0.29, 0.717) is 0 Å². The number of anilines is 1. The summed E-state index contributed by atoms with van der Waals surface area (Å²) in [4.78, 5) is 24.3. The minimum atomic E-state index is -4.67. The zero-order chi connectivity index (χ0) is 25.3. The van der Waals surface area contributed by atoms with Crippen molar-refractivity contribution in [2.75, 3.05) is 5.32 Å². The molecule has 0 unspecified atom stereocenters. The molecule has 35 heavy (non-hydrogen) atoms. The van der Waals surface area contributed by atoms with Crippen LogP contribution in [0.1, 0.15) is 37.5 Å². The number of nitriles is 2. The lowest BCUT2D eigenvalue weighted by Gasteiger charge is -2.13. The fourth-order valence-corrected chi connectivity index (χ4v) is 3.51. The van der Waals surface area contributed by atoms with Gasteiger partial charge in [-0.25, -0.2) is 4.79 Å². The summed E-state index contributed by atoms with van der Waals surface area (Å²) in [5, 5.41) is 34.0. The number of alkyl halides is 3. The molecule has 0 aliphatic carbocycles. The molecule has 4 rings (SSSR count). The fraction of sp³-hybridized carbons (Fsp3) is 0.0417. The molecule has 172 valence electrons. The van der Waals surface area contributed by atoms with Gasteiger partial charge >= 0.3 is 12.1 Å². The summed E-state index contributed by atoms with van der Waals surface area (Å²) >= 11 is 0. The van der Waals surface area contributed by atoms with Crippen LogP contribution in [-0.2, 0) is 6.18 Å². The molecule has 0 atom stereocenters. The number of hydrogen-bond acceptors (Lipinski definition) is 6. The molecule has 0 aliphatic heterocycles. The number of fused-ring (bicyclic) bond motifs is 1. The SMILES string of the molecule is N#Cc1ccc(NC(=O)c2noc3cc(-c4ccccc4C(F)(F)F)c(C#N)cc23)c(C(=O)O)c1. The van der Waals surface area contributed by atoms with Crippen LogP contribution in [0.2, 0.25) is 0 Å². The molecule has 0 spiro atoms. The maximum Gasteiger partial charge on any atom is 0.417 e. The Hall–Kier alpha value is -5.16. The quantitative estimate of drug-likeness (QED) is 0.412. The molecule has 2 N–H and O–H groups in total. The number of carbonyl (C=O) groups excluding carboxylic acids is 1. The van der Waals surface area contributed by atoms with E-state index in [0.717, 1.165) is 12.1 Å². The first-order valence-corrected chi connectivity index (χ1v) is 9.73. The van der Waals surface area contributed by atoms with Gasteiger partial charge in [0.2, 0.25) is 0 Å². The van der Waals surface area contributed by atoms with Crippen LogP contribution in [0, 0.1) is 22.7 Å². The Morgan fingerprint density at radius 2 is 1.74 bits per heavy atom. The number of carboxylic acid groups (broad SMARTS) is 1. The lowest BCUT2D eigenvalue weighted by molar-refractivity contribution is -0.137. The molecule has 0 saturated heterocycles. The van der Waals surface area contributed by atoms with Gasteiger partial charge in [-0.1, -0.05) is 23.4 Å². The molecule has 1 aromatic heterocycles. The van der Waals surface area contributed by atoms with Gasteiger partial charge in [0.05, 0.1) is 45.5 Å². The third kappa shape index (κ3) is 4.26. The molecule has 0 aliphatic rings. The zero-order valence-electron chi connectivity index (χ0n) is 17.3. The normalized spacial score (nSPS) is 11.0. The molecule has 0 bridgehead atoms. The number of hydrogen-bond donors (Lipinski definition) is 2. The van der Waals surface area contributed by atoms with Gasteiger partial charge in [0.25, 0.3) is 5.91 Å². The summed E-state index contributed by atoms with van der Waals surface area (Å²) in [7, 11) is 0. The van der Waals surface area contributed by atoms with Crippen molar-refractivity contribution in [2.24, 2.45) is 0 Å². The van der Waals surface area contributed by atoms with Crippen LogP contribution in [0.4, 0.5) is 18.9 Å². The van der Waals surface area contributed by atoms with E-state index < -0.39 is 23.6 Å². The second-order valence-corrected chi connectivity index (χ2v) is 7.21. The maximum atomic E-state index is 13.5. The van der Waals surface area contributed by atoms with E-state index in [1.807, 2.05) is 6.07 Å². The van der Waals surface area contributed by atoms with E-state index in [4.69, 9.17) is 9.78 Å². The average Bonchev–Trinajstić information content (AvgIpc) is 3.25. The Kier molecular flexibility index (Phi) is 5.69. The van der Waals surface area contributed by atoms with Crippen LogP contribution in [0.5, 0.6) is 0 Å². The van der Waals surface area contributed by atoms with E-state index in [2.05, 4.69) is 10.5 Å². The molecule has 1 heterocycles. The topological polar surface area (TPSA) is 140 Å². The molecule has 3 aromatic carbocycles. The molecule has 0 radical (unpaired) electrons. The van der Waals surface area contributed by atoms with Crippen LogP contribution < -0.4 is 5.32 Å². The van der Waals surface area contributed by atoms with Crippen molar-refractivity contribution >= 4 is 28.5 Å². The molecular weight excluding hydrogens is 465 g/mol. The Morgan fingerprint density at radius 1 is 1.00 bits per heavy atom. The van der Waals surface area contributed by atoms with Crippen LogP contribution in [-0.4, -0.2) is 22.1 Å². The molecular formula is C24H11F3N4O4. The molecule has 8 nitrogen and oxygen atoms in total. The predicted molar refractivity (Wildman–Crippen MR) is 115 cm³/mol. The molecule has 4 aromatic rings. The van der Waals surface area contributed by atoms with Crippen LogP contribution in [0.3, 0.4) is 0 Å². The summed E-state index contributed by atoms with van der Waals surface area (Å²) in [5.74, 6) is -2.27. The number of benzene rings is 3. The average molecular weight is 476 g/mol. The number of amides is 1. The molecule has 0 saturated carbocycles. The van der Waals surface area contributed by atoms with Crippen molar-refractivity contribution in [1.82, 2.24) is 5.16 Å². The first kappa shape index (κ1) is 23.0. The van der Waals surface area contributed by atoms with E-state index >= 15 is 0 Å². The highest BCUT2D eigenvalue weighted by atomic mass is 19.4.